The summed E-state index contributed by atoms with van der Waals surface area (Å²) in [4.78, 5) is 13.8. The molecule has 1 atom stereocenters. The third-order valence-corrected chi connectivity index (χ3v) is 6.63. The van der Waals surface area contributed by atoms with Gasteiger partial charge in [-0.25, -0.2) is 8.42 Å². The number of carbonyl (C=O) groups is 1. The highest BCUT2D eigenvalue weighted by Gasteiger charge is 2.37. The quantitative estimate of drug-likeness (QED) is 0.853. The Morgan fingerprint density at radius 3 is 2.71 bits per heavy atom. The molecule has 2 aromatic rings. The standard InChI is InChI=1S/C17H20N2O4S/c20-16-8-4-10-19(16)14-6-3-9-18(12-14)24(21,22)17-11-13-5-1-2-7-15(13)23-17/h1-2,5,7,11,14H,3-4,6,8-10,12H2/t14-/m0/s1. The second-order valence-corrected chi connectivity index (χ2v) is 8.32. The van der Waals surface area contributed by atoms with Crippen molar-refractivity contribution in [2.75, 3.05) is 19.6 Å². The summed E-state index contributed by atoms with van der Waals surface area (Å²) in [7, 11) is -3.68. The number of para-hydroxylation sites is 1. The van der Waals surface area contributed by atoms with Gasteiger partial charge in [0.15, 0.2) is 0 Å². The van der Waals surface area contributed by atoms with Gasteiger partial charge in [0.25, 0.3) is 10.0 Å². The Bertz CT molecular complexity index is 841. The van der Waals surface area contributed by atoms with Crippen LogP contribution < -0.4 is 0 Å². The number of rotatable bonds is 3. The zero-order valence-corrected chi connectivity index (χ0v) is 14.2. The molecule has 1 aromatic heterocycles. The van der Waals surface area contributed by atoms with E-state index in [1.54, 1.807) is 12.1 Å². The van der Waals surface area contributed by atoms with Crippen molar-refractivity contribution < 1.29 is 17.6 Å². The molecule has 0 N–H and O–H groups in total. The molecule has 0 aliphatic carbocycles. The average Bonchev–Trinajstić information content (AvgIpc) is 3.21. The molecule has 1 amide bonds. The van der Waals surface area contributed by atoms with Gasteiger partial charge in [-0.15, -0.1) is 0 Å². The van der Waals surface area contributed by atoms with E-state index < -0.39 is 10.0 Å². The van der Waals surface area contributed by atoms with Gasteiger partial charge in [0.1, 0.15) is 5.58 Å². The number of hydrogen-bond acceptors (Lipinski definition) is 4. The van der Waals surface area contributed by atoms with Crippen LogP contribution in [0.5, 0.6) is 0 Å². The highest BCUT2D eigenvalue weighted by molar-refractivity contribution is 7.89. The fourth-order valence-corrected chi connectivity index (χ4v) is 5.12. The Labute approximate surface area is 141 Å². The zero-order chi connectivity index (χ0) is 16.7. The van der Waals surface area contributed by atoms with Crippen molar-refractivity contribution in [2.24, 2.45) is 0 Å². The first-order valence-corrected chi connectivity index (χ1v) is 9.78. The summed E-state index contributed by atoms with van der Waals surface area (Å²) in [6.07, 6.45) is 3.06. The second kappa shape index (κ2) is 5.89. The number of fused-ring (bicyclic) bond motifs is 1. The van der Waals surface area contributed by atoms with E-state index in [2.05, 4.69) is 0 Å². The van der Waals surface area contributed by atoms with E-state index in [0.717, 1.165) is 31.2 Å². The van der Waals surface area contributed by atoms with Gasteiger partial charge < -0.3 is 9.32 Å². The summed E-state index contributed by atoms with van der Waals surface area (Å²) in [6.45, 7) is 1.56. The molecule has 1 aromatic carbocycles. The average molecular weight is 348 g/mol. The van der Waals surface area contributed by atoms with Crippen LogP contribution in [0.1, 0.15) is 25.7 Å². The fraction of sp³-hybridized carbons (Fsp3) is 0.471. The van der Waals surface area contributed by atoms with Gasteiger partial charge in [0.2, 0.25) is 11.0 Å². The molecule has 0 unspecified atom stereocenters. The lowest BCUT2D eigenvalue weighted by molar-refractivity contribution is -0.130. The zero-order valence-electron chi connectivity index (χ0n) is 13.3. The Balaban J connectivity index is 1.60. The SMILES string of the molecule is O=C1CCCN1[C@H]1CCCN(S(=O)(=O)c2cc3ccccc3o2)C1. The number of sulfonamides is 1. The van der Waals surface area contributed by atoms with Crippen molar-refractivity contribution in [3.05, 3.63) is 30.3 Å². The number of carbonyl (C=O) groups excluding carboxylic acids is 1. The van der Waals surface area contributed by atoms with Gasteiger partial charge in [-0.2, -0.15) is 4.31 Å². The van der Waals surface area contributed by atoms with E-state index in [-0.39, 0.29) is 17.0 Å². The number of benzene rings is 1. The maximum atomic E-state index is 12.9. The van der Waals surface area contributed by atoms with Crippen LogP contribution in [0.4, 0.5) is 0 Å². The summed E-state index contributed by atoms with van der Waals surface area (Å²) in [5.74, 6) is 0.142. The van der Waals surface area contributed by atoms with Gasteiger partial charge in [0, 0.05) is 43.5 Å². The Kier molecular flexibility index (Phi) is 3.85. The van der Waals surface area contributed by atoms with Crippen molar-refractivity contribution >= 4 is 26.9 Å². The number of amides is 1. The highest BCUT2D eigenvalue weighted by atomic mass is 32.2. The Morgan fingerprint density at radius 2 is 1.96 bits per heavy atom. The minimum absolute atomic E-state index is 0.0166. The van der Waals surface area contributed by atoms with Crippen LogP contribution >= 0.6 is 0 Å². The van der Waals surface area contributed by atoms with Crippen molar-refractivity contribution in [1.29, 1.82) is 0 Å². The normalized spacial score (nSPS) is 23.2. The minimum atomic E-state index is -3.68. The van der Waals surface area contributed by atoms with Crippen molar-refractivity contribution in [3.8, 4) is 0 Å². The summed E-state index contributed by atoms with van der Waals surface area (Å²) in [5, 5.41) is 0.761. The predicted molar refractivity (Wildman–Crippen MR) is 88.9 cm³/mol. The predicted octanol–water partition coefficient (Wildman–Crippen LogP) is 2.21. The van der Waals surface area contributed by atoms with Crippen LogP contribution in [0.3, 0.4) is 0 Å². The molecule has 0 radical (unpaired) electrons. The lowest BCUT2D eigenvalue weighted by Gasteiger charge is -2.36. The molecule has 24 heavy (non-hydrogen) atoms. The molecule has 0 saturated carbocycles. The van der Waals surface area contributed by atoms with Crippen molar-refractivity contribution in [3.63, 3.8) is 0 Å². The summed E-state index contributed by atoms with van der Waals surface area (Å²) in [6, 6.07) is 8.82. The number of likely N-dealkylation sites (tertiary alicyclic amines) is 1. The van der Waals surface area contributed by atoms with Crippen molar-refractivity contribution in [1.82, 2.24) is 9.21 Å². The highest BCUT2D eigenvalue weighted by Crippen LogP contribution is 2.29. The first-order valence-electron chi connectivity index (χ1n) is 8.34. The molecule has 2 aliphatic rings. The molecule has 4 rings (SSSR count). The van der Waals surface area contributed by atoms with Gasteiger partial charge in [-0.1, -0.05) is 18.2 Å². The molecule has 0 bridgehead atoms. The summed E-state index contributed by atoms with van der Waals surface area (Å²) in [5.41, 5.74) is 0.569. The molecule has 0 spiro atoms. The molecule has 7 heteroatoms. The molecule has 6 nitrogen and oxygen atoms in total. The van der Waals surface area contributed by atoms with Crippen LogP contribution in [-0.4, -0.2) is 49.2 Å². The number of hydrogen-bond donors (Lipinski definition) is 0. The Morgan fingerprint density at radius 1 is 1.12 bits per heavy atom. The van der Waals surface area contributed by atoms with E-state index in [1.165, 1.54) is 4.31 Å². The van der Waals surface area contributed by atoms with Crippen LogP contribution in [0.15, 0.2) is 39.8 Å². The van der Waals surface area contributed by atoms with Gasteiger partial charge in [-0.05, 0) is 25.3 Å². The Hall–Kier alpha value is -1.86. The third-order valence-electron chi connectivity index (χ3n) is 4.91. The van der Waals surface area contributed by atoms with E-state index in [1.807, 2.05) is 23.1 Å². The van der Waals surface area contributed by atoms with Crippen LogP contribution in [-0.2, 0) is 14.8 Å². The van der Waals surface area contributed by atoms with Gasteiger partial charge in [0.05, 0.1) is 0 Å². The monoisotopic (exact) mass is 348 g/mol. The van der Waals surface area contributed by atoms with E-state index >= 15 is 0 Å². The number of furan rings is 1. The topological polar surface area (TPSA) is 70.8 Å². The van der Waals surface area contributed by atoms with E-state index in [9.17, 15) is 13.2 Å². The summed E-state index contributed by atoms with van der Waals surface area (Å²) < 4.78 is 32.9. The largest absolute Gasteiger partial charge is 0.443 e. The lowest BCUT2D eigenvalue weighted by atomic mass is 10.1. The van der Waals surface area contributed by atoms with E-state index in [4.69, 9.17) is 4.42 Å². The fourth-order valence-electron chi connectivity index (χ4n) is 3.66. The van der Waals surface area contributed by atoms with E-state index in [0.29, 0.717) is 25.1 Å². The van der Waals surface area contributed by atoms with Gasteiger partial charge >= 0.3 is 0 Å². The maximum Gasteiger partial charge on any atom is 0.276 e. The maximum absolute atomic E-state index is 12.9. The number of piperidine rings is 1. The van der Waals surface area contributed by atoms with Gasteiger partial charge in [-0.3, -0.25) is 4.79 Å². The molecular formula is C17H20N2O4S. The van der Waals surface area contributed by atoms with Crippen molar-refractivity contribution in [2.45, 2.75) is 36.8 Å². The first kappa shape index (κ1) is 15.7. The van der Waals surface area contributed by atoms with Crippen LogP contribution in [0.2, 0.25) is 0 Å². The smallest absolute Gasteiger partial charge is 0.276 e. The van der Waals surface area contributed by atoms with Crippen LogP contribution in [0.25, 0.3) is 11.0 Å². The molecular weight excluding hydrogens is 328 g/mol. The summed E-state index contributed by atoms with van der Waals surface area (Å²) >= 11 is 0. The van der Waals surface area contributed by atoms with Crippen LogP contribution in [0, 0.1) is 0 Å². The second-order valence-electron chi connectivity index (χ2n) is 6.45. The first-order chi connectivity index (χ1) is 11.6. The number of nitrogens with zero attached hydrogens (tertiary/aromatic N) is 2. The lowest BCUT2D eigenvalue weighted by Crippen LogP contribution is -2.50. The molecule has 2 saturated heterocycles. The third kappa shape index (κ3) is 2.61. The molecule has 2 aliphatic heterocycles. The molecule has 2 fully saturated rings. The molecule has 3 heterocycles. The molecule has 128 valence electrons. The minimum Gasteiger partial charge on any atom is -0.443 e.